The van der Waals surface area contributed by atoms with Crippen LogP contribution in [0.3, 0.4) is 0 Å². The lowest BCUT2D eigenvalue weighted by Crippen LogP contribution is -2.17. The molecule has 140 valence electrons. The highest BCUT2D eigenvalue weighted by atomic mass is 32.2. The summed E-state index contributed by atoms with van der Waals surface area (Å²) in [6.45, 7) is 1.88. The molecule has 1 atom stereocenters. The fraction of sp³-hybridized carbons (Fsp3) is 0.235. The molecule has 0 aliphatic rings. The van der Waals surface area contributed by atoms with Crippen LogP contribution in [0.25, 0.3) is 0 Å². The van der Waals surface area contributed by atoms with Crippen LogP contribution in [0, 0.1) is 0 Å². The standard InChI is InChI=1S/C17H20N2O6S/c1-11(20)7-8-19-14-9-12(17(21)22)10-15(26(18,23)24)16(14)25-13-5-3-2-4-6-13/h2-6,9-11,19-20H,7-8H2,1H3,(H,21,22)(H2,18,23,24). The number of nitrogens with two attached hydrogens (primary N) is 1. The Balaban J connectivity index is 2.56. The lowest BCUT2D eigenvalue weighted by molar-refractivity contribution is 0.0696. The van der Waals surface area contributed by atoms with Crippen molar-refractivity contribution in [3.8, 4) is 11.5 Å². The van der Waals surface area contributed by atoms with Crippen molar-refractivity contribution in [2.45, 2.75) is 24.3 Å². The van der Waals surface area contributed by atoms with Gasteiger partial charge in [0.2, 0.25) is 10.0 Å². The lowest BCUT2D eigenvalue weighted by atomic mass is 10.1. The minimum Gasteiger partial charge on any atom is -0.478 e. The van der Waals surface area contributed by atoms with Gasteiger partial charge in [-0.2, -0.15) is 0 Å². The zero-order valence-corrected chi connectivity index (χ0v) is 14.9. The largest absolute Gasteiger partial charge is 0.478 e. The lowest BCUT2D eigenvalue weighted by Gasteiger charge is -2.17. The predicted octanol–water partition coefficient (Wildman–Crippen LogP) is 2.01. The van der Waals surface area contributed by atoms with Gasteiger partial charge in [0.25, 0.3) is 0 Å². The van der Waals surface area contributed by atoms with Crippen LogP contribution in [-0.2, 0) is 10.0 Å². The van der Waals surface area contributed by atoms with Crippen LogP contribution in [0.15, 0.2) is 47.4 Å². The van der Waals surface area contributed by atoms with Gasteiger partial charge < -0.3 is 20.3 Å². The zero-order chi connectivity index (χ0) is 19.3. The summed E-state index contributed by atoms with van der Waals surface area (Å²) < 4.78 is 29.7. The van der Waals surface area contributed by atoms with Crippen molar-refractivity contribution in [2.75, 3.05) is 11.9 Å². The first-order chi connectivity index (χ1) is 12.2. The van der Waals surface area contributed by atoms with Crippen LogP contribution >= 0.6 is 0 Å². The average molecular weight is 380 g/mol. The number of ether oxygens (including phenoxy) is 1. The minimum atomic E-state index is -4.25. The van der Waals surface area contributed by atoms with Crippen molar-refractivity contribution < 1.29 is 28.2 Å². The summed E-state index contributed by atoms with van der Waals surface area (Å²) in [7, 11) is -4.25. The number of carbonyl (C=O) groups is 1. The molecule has 2 rings (SSSR count). The number of nitrogens with one attached hydrogen (secondary N) is 1. The second-order valence-electron chi connectivity index (χ2n) is 5.68. The molecule has 0 aromatic heterocycles. The second-order valence-corrected chi connectivity index (χ2v) is 7.21. The molecule has 0 bridgehead atoms. The van der Waals surface area contributed by atoms with Gasteiger partial charge in [-0.15, -0.1) is 0 Å². The Morgan fingerprint density at radius 1 is 1.27 bits per heavy atom. The summed E-state index contributed by atoms with van der Waals surface area (Å²) in [5, 5.41) is 26.8. The highest BCUT2D eigenvalue weighted by Gasteiger charge is 2.23. The Morgan fingerprint density at radius 2 is 1.92 bits per heavy atom. The van der Waals surface area contributed by atoms with Crippen LogP contribution in [0.4, 0.5) is 5.69 Å². The molecule has 1 unspecified atom stereocenters. The van der Waals surface area contributed by atoms with E-state index in [9.17, 15) is 23.4 Å². The molecule has 0 radical (unpaired) electrons. The number of aromatic carboxylic acids is 1. The van der Waals surface area contributed by atoms with Crippen LogP contribution < -0.4 is 15.2 Å². The van der Waals surface area contributed by atoms with Crippen molar-refractivity contribution in [2.24, 2.45) is 5.14 Å². The maximum absolute atomic E-state index is 12.0. The van der Waals surface area contributed by atoms with Gasteiger partial charge in [-0.3, -0.25) is 0 Å². The minimum absolute atomic E-state index is 0.103. The van der Waals surface area contributed by atoms with E-state index in [-0.39, 0.29) is 23.5 Å². The monoisotopic (exact) mass is 380 g/mol. The van der Waals surface area contributed by atoms with Crippen molar-refractivity contribution in [3.63, 3.8) is 0 Å². The van der Waals surface area contributed by atoms with Gasteiger partial charge in [-0.05, 0) is 37.6 Å². The number of aliphatic hydroxyl groups is 1. The number of rotatable bonds is 8. The molecule has 2 aromatic rings. The SMILES string of the molecule is CC(O)CCNc1cc(C(=O)O)cc(S(N)(=O)=O)c1Oc1ccccc1. The third kappa shape index (κ3) is 5.19. The molecule has 0 amide bonds. The molecule has 0 aliphatic carbocycles. The molecule has 0 fully saturated rings. The average Bonchev–Trinajstić information content (AvgIpc) is 2.55. The van der Waals surface area contributed by atoms with Crippen molar-refractivity contribution in [1.82, 2.24) is 0 Å². The van der Waals surface area contributed by atoms with Crippen molar-refractivity contribution in [1.29, 1.82) is 0 Å². The van der Waals surface area contributed by atoms with E-state index in [1.54, 1.807) is 37.3 Å². The molecule has 2 aromatic carbocycles. The predicted molar refractivity (Wildman–Crippen MR) is 96.1 cm³/mol. The maximum atomic E-state index is 12.0. The summed E-state index contributed by atoms with van der Waals surface area (Å²) in [6.07, 6.45) is -0.214. The van der Waals surface area contributed by atoms with Crippen molar-refractivity contribution in [3.05, 3.63) is 48.0 Å². The molecule has 0 saturated carbocycles. The number of benzene rings is 2. The van der Waals surface area contributed by atoms with Crippen LogP contribution in [0.1, 0.15) is 23.7 Å². The van der Waals surface area contributed by atoms with Crippen LogP contribution in [-0.4, -0.2) is 37.2 Å². The van der Waals surface area contributed by atoms with E-state index >= 15 is 0 Å². The van der Waals surface area contributed by atoms with E-state index in [0.29, 0.717) is 12.2 Å². The van der Waals surface area contributed by atoms with E-state index in [1.807, 2.05) is 0 Å². The summed E-state index contributed by atoms with van der Waals surface area (Å²) >= 11 is 0. The van der Waals surface area contributed by atoms with E-state index in [0.717, 1.165) is 6.07 Å². The van der Waals surface area contributed by atoms with Gasteiger partial charge in [-0.25, -0.2) is 18.4 Å². The molecule has 0 heterocycles. The first kappa shape index (κ1) is 19.7. The molecule has 5 N–H and O–H groups in total. The Bertz CT molecular complexity index is 882. The Hall–Kier alpha value is -2.62. The number of carboxylic acids is 1. The Morgan fingerprint density at radius 3 is 2.46 bits per heavy atom. The fourth-order valence-corrected chi connectivity index (χ4v) is 2.90. The maximum Gasteiger partial charge on any atom is 0.335 e. The fourth-order valence-electron chi connectivity index (χ4n) is 2.20. The van der Waals surface area contributed by atoms with Gasteiger partial charge >= 0.3 is 5.97 Å². The van der Waals surface area contributed by atoms with E-state index in [2.05, 4.69) is 5.32 Å². The van der Waals surface area contributed by atoms with E-state index < -0.39 is 27.0 Å². The Kier molecular flexibility index (Phi) is 6.19. The topological polar surface area (TPSA) is 139 Å². The molecule has 9 heteroatoms. The highest BCUT2D eigenvalue weighted by Crippen LogP contribution is 2.37. The number of para-hydroxylation sites is 1. The van der Waals surface area contributed by atoms with Gasteiger partial charge in [0, 0.05) is 6.54 Å². The van der Waals surface area contributed by atoms with Gasteiger partial charge in [0.1, 0.15) is 10.6 Å². The number of hydrogen-bond donors (Lipinski definition) is 4. The molecule has 0 saturated heterocycles. The molecule has 8 nitrogen and oxygen atoms in total. The molecular weight excluding hydrogens is 360 g/mol. The second kappa shape index (κ2) is 8.17. The summed E-state index contributed by atoms with van der Waals surface area (Å²) in [6, 6.07) is 10.6. The number of aliphatic hydroxyl groups excluding tert-OH is 1. The molecule has 26 heavy (non-hydrogen) atoms. The normalized spacial score (nSPS) is 12.4. The quantitative estimate of drug-likeness (QED) is 0.549. The number of carboxylic acid groups (broad SMARTS) is 1. The number of primary sulfonamides is 1. The van der Waals surface area contributed by atoms with Gasteiger partial charge in [0.05, 0.1) is 17.4 Å². The third-order valence-corrected chi connectivity index (χ3v) is 4.37. The van der Waals surface area contributed by atoms with Gasteiger partial charge in [-0.1, -0.05) is 18.2 Å². The van der Waals surface area contributed by atoms with E-state index in [4.69, 9.17) is 9.88 Å². The van der Waals surface area contributed by atoms with Crippen molar-refractivity contribution >= 4 is 21.7 Å². The smallest absolute Gasteiger partial charge is 0.335 e. The number of anilines is 1. The molecule has 0 spiro atoms. The Labute approximate surface area is 151 Å². The van der Waals surface area contributed by atoms with Crippen LogP contribution in [0.5, 0.6) is 11.5 Å². The highest BCUT2D eigenvalue weighted by molar-refractivity contribution is 7.89. The first-order valence-electron chi connectivity index (χ1n) is 7.77. The zero-order valence-electron chi connectivity index (χ0n) is 14.0. The summed E-state index contributed by atoms with van der Waals surface area (Å²) in [5.74, 6) is -1.05. The summed E-state index contributed by atoms with van der Waals surface area (Å²) in [4.78, 5) is 10.9. The van der Waals surface area contributed by atoms with Gasteiger partial charge in [0.15, 0.2) is 5.75 Å². The number of hydrogen-bond acceptors (Lipinski definition) is 6. The number of sulfonamides is 1. The van der Waals surface area contributed by atoms with E-state index in [1.165, 1.54) is 6.07 Å². The third-order valence-electron chi connectivity index (χ3n) is 3.45. The summed E-state index contributed by atoms with van der Waals surface area (Å²) in [5.41, 5.74) is -0.104. The van der Waals surface area contributed by atoms with Crippen LogP contribution in [0.2, 0.25) is 0 Å². The first-order valence-corrected chi connectivity index (χ1v) is 9.32. The molecular formula is C17H20N2O6S. The molecule has 0 aliphatic heterocycles.